The number of nitrogens with one attached hydrogen (secondary N) is 1. The van der Waals surface area contributed by atoms with Gasteiger partial charge in [-0.3, -0.25) is 4.79 Å². The molecule has 0 spiro atoms. The Labute approximate surface area is 123 Å². The first kappa shape index (κ1) is 14.2. The third kappa shape index (κ3) is 2.82. The van der Waals surface area contributed by atoms with E-state index in [4.69, 9.17) is 10.5 Å². The third-order valence-corrected chi connectivity index (χ3v) is 4.24. The van der Waals surface area contributed by atoms with Crippen molar-refractivity contribution in [3.05, 3.63) is 17.7 Å². The molecule has 1 fully saturated rings. The first-order valence-corrected chi connectivity index (χ1v) is 7.20. The number of likely N-dealkylation sites (N-methyl/N-ethyl adjacent to an activating group) is 1. The van der Waals surface area contributed by atoms with Crippen LogP contribution in [0, 0.1) is 0 Å². The van der Waals surface area contributed by atoms with Crippen LogP contribution in [0.3, 0.4) is 0 Å². The molecule has 4 N–H and O–H groups in total. The predicted molar refractivity (Wildman–Crippen MR) is 81.5 cm³/mol. The molecule has 21 heavy (non-hydrogen) atoms. The van der Waals surface area contributed by atoms with Gasteiger partial charge in [0.2, 0.25) is 5.91 Å². The molecule has 6 heteroatoms. The molecule has 1 aromatic carbocycles. The normalized spacial score (nSPS) is 20.0. The number of carbonyl (C=O) groups excluding carboxylic acids is 1. The lowest BCUT2D eigenvalue weighted by Crippen LogP contribution is -2.45. The van der Waals surface area contributed by atoms with Crippen LogP contribution in [0.15, 0.2) is 12.1 Å². The van der Waals surface area contributed by atoms with Crippen molar-refractivity contribution in [2.75, 3.05) is 42.8 Å². The van der Waals surface area contributed by atoms with Gasteiger partial charge in [0.1, 0.15) is 0 Å². The number of nitrogen functional groups attached to an aromatic ring is 1. The number of amides is 1. The Kier molecular flexibility index (Phi) is 3.51. The maximum atomic E-state index is 11.4. The monoisotopic (exact) mass is 291 g/mol. The number of nitrogens with two attached hydrogens (primary N) is 1. The van der Waals surface area contributed by atoms with E-state index < -0.39 is 5.60 Å². The number of carbonyl (C=O) groups is 1. The topological polar surface area (TPSA) is 87.8 Å². The van der Waals surface area contributed by atoms with Crippen LogP contribution in [-0.4, -0.2) is 43.4 Å². The number of hydrogen-bond donors (Lipinski definition) is 3. The minimum atomic E-state index is -0.748. The highest BCUT2D eigenvalue weighted by Gasteiger charge is 2.32. The fourth-order valence-electron chi connectivity index (χ4n) is 3.05. The summed E-state index contributed by atoms with van der Waals surface area (Å²) in [6.07, 6.45) is 1.63. The Balaban J connectivity index is 1.80. The largest absolute Gasteiger partial charge is 0.397 e. The zero-order chi connectivity index (χ0) is 15.0. The van der Waals surface area contributed by atoms with E-state index in [9.17, 15) is 9.90 Å². The lowest BCUT2D eigenvalue weighted by atomic mass is 9.93. The highest BCUT2D eigenvalue weighted by molar-refractivity contribution is 6.00. The quantitative estimate of drug-likeness (QED) is 0.715. The van der Waals surface area contributed by atoms with Crippen LogP contribution in [0.1, 0.15) is 18.4 Å². The number of hydrogen-bond acceptors (Lipinski definition) is 5. The summed E-state index contributed by atoms with van der Waals surface area (Å²) < 4.78 is 5.30. The standard InChI is InChI=1S/C15H21N3O3/c1-18(9-15(20)2-4-21-5-3-15)13-8-12-10(6-11(13)16)7-14(19)17-12/h6,8,20H,2-5,7,9,16H2,1H3,(H,17,19). The molecule has 0 atom stereocenters. The van der Waals surface area contributed by atoms with Crippen LogP contribution < -0.4 is 16.0 Å². The molecule has 0 radical (unpaired) electrons. The molecule has 0 aliphatic carbocycles. The average Bonchev–Trinajstić information content (AvgIpc) is 2.77. The van der Waals surface area contributed by atoms with E-state index in [1.54, 1.807) is 0 Å². The number of benzene rings is 1. The van der Waals surface area contributed by atoms with Gasteiger partial charge < -0.3 is 25.8 Å². The fraction of sp³-hybridized carbons (Fsp3) is 0.533. The number of ether oxygens (including phenoxy) is 1. The van der Waals surface area contributed by atoms with Crippen LogP contribution in [0.4, 0.5) is 17.1 Å². The maximum Gasteiger partial charge on any atom is 0.228 e. The van der Waals surface area contributed by atoms with E-state index in [0.29, 0.717) is 44.7 Å². The van der Waals surface area contributed by atoms with E-state index in [1.807, 2.05) is 24.1 Å². The third-order valence-electron chi connectivity index (χ3n) is 4.24. The molecule has 114 valence electrons. The van der Waals surface area contributed by atoms with Gasteiger partial charge in [-0.2, -0.15) is 0 Å². The van der Waals surface area contributed by atoms with Crippen molar-refractivity contribution in [3.63, 3.8) is 0 Å². The van der Waals surface area contributed by atoms with Crippen LogP contribution >= 0.6 is 0 Å². The van der Waals surface area contributed by atoms with Crippen molar-refractivity contribution in [1.82, 2.24) is 0 Å². The first-order valence-electron chi connectivity index (χ1n) is 7.20. The van der Waals surface area contributed by atoms with Gasteiger partial charge in [-0.05, 0) is 17.7 Å². The van der Waals surface area contributed by atoms with E-state index >= 15 is 0 Å². The molecule has 0 unspecified atom stereocenters. The molecule has 1 saturated heterocycles. The van der Waals surface area contributed by atoms with Gasteiger partial charge in [0, 0.05) is 45.3 Å². The van der Waals surface area contributed by atoms with Crippen LogP contribution in [0.5, 0.6) is 0 Å². The number of anilines is 3. The molecule has 1 aromatic rings. The van der Waals surface area contributed by atoms with Gasteiger partial charge in [0.25, 0.3) is 0 Å². The summed E-state index contributed by atoms with van der Waals surface area (Å²) in [7, 11) is 1.91. The molecular formula is C15H21N3O3. The summed E-state index contributed by atoms with van der Waals surface area (Å²) in [6, 6.07) is 3.73. The van der Waals surface area contributed by atoms with Crippen molar-refractivity contribution in [1.29, 1.82) is 0 Å². The summed E-state index contributed by atoms with van der Waals surface area (Å²) >= 11 is 0. The van der Waals surface area contributed by atoms with Crippen LogP contribution in [0.25, 0.3) is 0 Å². The lowest BCUT2D eigenvalue weighted by molar-refractivity contribution is -0.115. The number of fused-ring (bicyclic) bond motifs is 1. The predicted octanol–water partition coefficient (Wildman–Crippen LogP) is 0.741. The van der Waals surface area contributed by atoms with Gasteiger partial charge in [-0.1, -0.05) is 0 Å². The molecule has 0 bridgehead atoms. The number of rotatable bonds is 3. The van der Waals surface area contributed by atoms with Crippen molar-refractivity contribution < 1.29 is 14.6 Å². The second kappa shape index (κ2) is 5.20. The van der Waals surface area contributed by atoms with Gasteiger partial charge in [-0.25, -0.2) is 0 Å². The minimum Gasteiger partial charge on any atom is -0.397 e. The smallest absolute Gasteiger partial charge is 0.228 e. The lowest BCUT2D eigenvalue weighted by Gasteiger charge is -2.36. The highest BCUT2D eigenvalue weighted by Crippen LogP contribution is 2.34. The number of nitrogens with zero attached hydrogens (tertiary/aromatic N) is 1. The zero-order valence-corrected chi connectivity index (χ0v) is 12.2. The van der Waals surface area contributed by atoms with Gasteiger partial charge in [0.15, 0.2) is 0 Å². The molecule has 1 amide bonds. The van der Waals surface area contributed by atoms with Crippen molar-refractivity contribution in [3.8, 4) is 0 Å². The molecule has 0 saturated carbocycles. The van der Waals surface area contributed by atoms with Crippen molar-refractivity contribution in [2.24, 2.45) is 0 Å². The summed E-state index contributed by atoms with van der Waals surface area (Å²) in [5, 5.41) is 13.4. The second-order valence-electron chi connectivity index (χ2n) is 5.99. The molecule has 2 aliphatic rings. The molecule has 0 aromatic heterocycles. The van der Waals surface area contributed by atoms with Gasteiger partial charge in [0.05, 0.1) is 23.4 Å². The van der Waals surface area contributed by atoms with Gasteiger partial charge >= 0.3 is 0 Å². The molecular weight excluding hydrogens is 270 g/mol. The Hall–Kier alpha value is -1.79. The highest BCUT2D eigenvalue weighted by atomic mass is 16.5. The molecule has 3 rings (SSSR count). The summed E-state index contributed by atoms with van der Waals surface area (Å²) in [4.78, 5) is 13.4. The van der Waals surface area contributed by atoms with Crippen LogP contribution in [0.2, 0.25) is 0 Å². The van der Waals surface area contributed by atoms with Crippen LogP contribution in [-0.2, 0) is 16.0 Å². The zero-order valence-electron chi connectivity index (χ0n) is 12.2. The Bertz CT molecular complexity index is 568. The summed E-state index contributed by atoms with van der Waals surface area (Å²) in [6.45, 7) is 1.66. The Morgan fingerprint density at radius 3 is 2.86 bits per heavy atom. The second-order valence-corrected chi connectivity index (χ2v) is 5.99. The van der Waals surface area contributed by atoms with E-state index in [0.717, 1.165) is 16.9 Å². The summed E-state index contributed by atoms with van der Waals surface area (Å²) in [5.41, 5.74) is 8.56. The molecule has 2 aliphatic heterocycles. The van der Waals surface area contributed by atoms with Gasteiger partial charge in [-0.15, -0.1) is 0 Å². The fourth-order valence-corrected chi connectivity index (χ4v) is 3.05. The van der Waals surface area contributed by atoms with Crippen molar-refractivity contribution >= 4 is 23.0 Å². The van der Waals surface area contributed by atoms with E-state index in [-0.39, 0.29) is 5.91 Å². The average molecular weight is 291 g/mol. The SMILES string of the molecule is CN(CC1(O)CCOCC1)c1cc2c(cc1N)CC(=O)N2. The maximum absolute atomic E-state index is 11.4. The Morgan fingerprint density at radius 2 is 2.14 bits per heavy atom. The number of aliphatic hydroxyl groups is 1. The molecule has 6 nitrogen and oxygen atoms in total. The van der Waals surface area contributed by atoms with Crippen molar-refractivity contribution in [2.45, 2.75) is 24.9 Å². The summed E-state index contributed by atoms with van der Waals surface area (Å²) in [5.74, 6) is -0.00717. The molecule has 2 heterocycles. The van der Waals surface area contributed by atoms with E-state index in [2.05, 4.69) is 5.32 Å². The minimum absolute atomic E-state index is 0.00717. The van der Waals surface area contributed by atoms with E-state index in [1.165, 1.54) is 0 Å². The Morgan fingerprint density at radius 1 is 1.43 bits per heavy atom. The first-order chi connectivity index (χ1) is 9.97.